The van der Waals surface area contributed by atoms with Gasteiger partial charge in [0.15, 0.2) is 0 Å². The fraction of sp³-hybridized carbons (Fsp3) is 0.588. The van der Waals surface area contributed by atoms with Gasteiger partial charge in [0.05, 0.1) is 0 Å². The first-order chi connectivity index (χ1) is 10.0. The molecule has 1 heterocycles. The van der Waals surface area contributed by atoms with Crippen molar-refractivity contribution in [3.05, 3.63) is 35.4 Å². The maximum atomic E-state index is 11.8. The van der Waals surface area contributed by atoms with Gasteiger partial charge in [-0.25, -0.2) is 0 Å². The Bertz CT molecular complexity index is 541. The van der Waals surface area contributed by atoms with E-state index < -0.39 is 0 Å². The number of nitrogens with zero attached hydrogens (tertiary/aromatic N) is 1. The van der Waals surface area contributed by atoms with Crippen LogP contribution >= 0.6 is 0 Å². The maximum Gasteiger partial charge on any atom is 0.236 e. The average Bonchev–Trinajstić information content (AvgIpc) is 2.47. The Hall–Kier alpha value is -1.39. The predicted molar refractivity (Wildman–Crippen MR) is 84.0 cm³/mol. The number of carbonyl (C=O) groups excluding carboxylic acids is 1. The number of primary amides is 1. The van der Waals surface area contributed by atoms with Crippen molar-refractivity contribution in [3.63, 3.8) is 0 Å². The van der Waals surface area contributed by atoms with Crippen LogP contribution in [-0.4, -0.2) is 36.5 Å². The number of nitrogens with one attached hydrogen (secondary N) is 1. The minimum absolute atomic E-state index is 0.196. The van der Waals surface area contributed by atoms with E-state index in [0.717, 1.165) is 25.9 Å². The summed E-state index contributed by atoms with van der Waals surface area (Å²) in [6.45, 7) is 7.09. The fourth-order valence-corrected chi connectivity index (χ4v) is 3.89. The number of rotatable bonds is 2. The maximum absolute atomic E-state index is 11.8. The van der Waals surface area contributed by atoms with Crippen LogP contribution in [0.4, 0.5) is 0 Å². The molecule has 0 radical (unpaired) electrons. The number of amides is 1. The average molecular weight is 287 g/mol. The number of hydrogen-bond acceptors (Lipinski definition) is 3. The highest BCUT2D eigenvalue weighted by Crippen LogP contribution is 2.44. The molecular weight excluding hydrogens is 262 g/mol. The normalized spacial score (nSPS) is 28.9. The Labute approximate surface area is 126 Å². The Morgan fingerprint density at radius 2 is 2.14 bits per heavy atom. The van der Waals surface area contributed by atoms with Crippen LogP contribution in [0.3, 0.4) is 0 Å². The van der Waals surface area contributed by atoms with Gasteiger partial charge in [0.2, 0.25) is 5.91 Å². The van der Waals surface area contributed by atoms with E-state index in [4.69, 9.17) is 5.73 Å². The zero-order chi connectivity index (χ0) is 15.0. The van der Waals surface area contributed by atoms with Gasteiger partial charge in [0.25, 0.3) is 0 Å². The van der Waals surface area contributed by atoms with E-state index in [-0.39, 0.29) is 17.4 Å². The lowest BCUT2D eigenvalue weighted by molar-refractivity contribution is -0.125. The van der Waals surface area contributed by atoms with Crippen molar-refractivity contribution in [2.45, 2.75) is 44.2 Å². The number of hydrogen-bond donors (Lipinski definition) is 2. The summed E-state index contributed by atoms with van der Waals surface area (Å²) in [7, 11) is 0. The van der Waals surface area contributed by atoms with Crippen molar-refractivity contribution in [2.75, 3.05) is 19.6 Å². The van der Waals surface area contributed by atoms with E-state index in [0.29, 0.717) is 12.6 Å². The molecule has 4 nitrogen and oxygen atoms in total. The van der Waals surface area contributed by atoms with Gasteiger partial charge >= 0.3 is 0 Å². The lowest BCUT2D eigenvalue weighted by Gasteiger charge is -2.45. The summed E-state index contributed by atoms with van der Waals surface area (Å²) in [6.07, 6.45) is 2.23. The monoisotopic (exact) mass is 287 g/mol. The number of fused-ring (bicyclic) bond motifs is 1. The van der Waals surface area contributed by atoms with Crippen molar-refractivity contribution in [1.29, 1.82) is 0 Å². The molecule has 114 valence electrons. The molecule has 1 aromatic carbocycles. The Balaban J connectivity index is 1.97. The van der Waals surface area contributed by atoms with Gasteiger partial charge in [-0.2, -0.15) is 0 Å². The van der Waals surface area contributed by atoms with Crippen molar-refractivity contribution in [2.24, 2.45) is 5.73 Å². The topological polar surface area (TPSA) is 58.4 Å². The molecule has 1 amide bonds. The van der Waals surface area contributed by atoms with Gasteiger partial charge < -0.3 is 11.1 Å². The molecule has 1 fully saturated rings. The van der Waals surface area contributed by atoms with E-state index in [2.05, 4.69) is 48.3 Å². The van der Waals surface area contributed by atoms with E-state index in [1.54, 1.807) is 0 Å². The highest BCUT2D eigenvalue weighted by molar-refractivity contribution is 5.80. The van der Waals surface area contributed by atoms with Gasteiger partial charge in [0.1, 0.15) is 6.04 Å². The smallest absolute Gasteiger partial charge is 0.236 e. The van der Waals surface area contributed by atoms with Gasteiger partial charge in [0, 0.05) is 25.7 Å². The van der Waals surface area contributed by atoms with Crippen LogP contribution < -0.4 is 11.1 Å². The molecule has 0 bridgehead atoms. The number of benzene rings is 1. The second-order valence-electron chi connectivity index (χ2n) is 6.89. The lowest BCUT2D eigenvalue weighted by atomic mass is 9.70. The van der Waals surface area contributed by atoms with Crippen LogP contribution in [0.2, 0.25) is 0 Å². The van der Waals surface area contributed by atoms with E-state index in [1.165, 1.54) is 11.1 Å². The second-order valence-corrected chi connectivity index (χ2v) is 6.89. The lowest BCUT2D eigenvalue weighted by Crippen LogP contribution is -2.58. The first-order valence-electron chi connectivity index (χ1n) is 7.86. The minimum Gasteiger partial charge on any atom is -0.368 e. The third kappa shape index (κ3) is 2.58. The number of nitrogens with two attached hydrogens (primary N) is 1. The molecule has 1 saturated heterocycles. The van der Waals surface area contributed by atoms with Crippen molar-refractivity contribution in [3.8, 4) is 0 Å². The van der Waals surface area contributed by atoms with Crippen LogP contribution in [0, 0.1) is 0 Å². The Morgan fingerprint density at radius 1 is 1.38 bits per heavy atom. The quantitative estimate of drug-likeness (QED) is 0.868. The van der Waals surface area contributed by atoms with Crippen molar-refractivity contribution in [1.82, 2.24) is 10.2 Å². The molecule has 21 heavy (non-hydrogen) atoms. The highest BCUT2D eigenvalue weighted by Gasteiger charge is 2.39. The SMILES string of the molecule is CC1(C)CCC(N2CCNCC2C(N)=O)c2ccccc21. The van der Waals surface area contributed by atoms with E-state index in [1.807, 2.05) is 0 Å². The molecule has 1 aliphatic heterocycles. The molecule has 3 rings (SSSR count). The van der Waals surface area contributed by atoms with Crippen LogP contribution in [0.5, 0.6) is 0 Å². The van der Waals surface area contributed by atoms with E-state index in [9.17, 15) is 4.79 Å². The zero-order valence-electron chi connectivity index (χ0n) is 12.9. The van der Waals surface area contributed by atoms with Crippen LogP contribution in [0.1, 0.15) is 43.9 Å². The molecule has 4 heteroatoms. The third-order valence-corrected chi connectivity index (χ3v) is 5.11. The van der Waals surface area contributed by atoms with E-state index >= 15 is 0 Å². The largest absolute Gasteiger partial charge is 0.368 e. The molecule has 1 aliphatic carbocycles. The zero-order valence-corrected chi connectivity index (χ0v) is 12.9. The van der Waals surface area contributed by atoms with Crippen LogP contribution in [0.25, 0.3) is 0 Å². The molecule has 3 N–H and O–H groups in total. The molecular formula is C17H25N3O. The standard InChI is InChI=1S/C17H25N3O/c1-17(2)8-7-14(12-5-3-4-6-13(12)17)20-10-9-19-11-15(20)16(18)21/h3-6,14-15,19H,7-11H2,1-2H3,(H2,18,21). The van der Waals surface area contributed by atoms with Gasteiger partial charge in [-0.15, -0.1) is 0 Å². The summed E-state index contributed by atoms with van der Waals surface area (Å²) < 4.78 is 0. The molecule has 0 aromatic heterocycles. The minimum atomic E-state index is -0.218. The predicted octanol–water partition coefficient (Wildman–Crippen LogP) is 1.56. The van der Waals surface area contributed by atoms with Gasteiger partial charge in [-0.3, -0.25) is 9.69 Å². The summed E-state index contributed by atoms with van der Waals surface area (Å²) in [5, 5.41) is 3.28. The first-order valence-corrected chi connectivity index (χ1v) is 7.86. The summed E-state index contributed by atoms with van der Waals surface area (Å²) in [5.74, 6) is -0.218. The molecule has 2 atom stereocenters. The molecule has 2 aliphatic rings. The van der Waals surface area contributed by atoms with Gasteiger partial charge in [-0.1, -0.05) is 38.1 Å². The Morgan fingerprint density at radius 3 is 2.90 bits per heavy atom. The Kier molecular flexibility index (Phi) is 3.76. The van der Waals surface area contributed by atoms with Crippen molar-refractivity contribution < 1.29 is 4.79 Å². The summed E-state index contributed by atoms with van der Waals surface area (Å²) in [5.41, 5.74) is 8.62. The van der Waals surface area contributed by atoms with Gasteiger partial charge in [-0.05, 0) is 29.4 Å². The van der Waals surface area contributed by atoms with Crippen LogP contribution in [-0.2, 0) is 10.2 Å². The second kappa shape index (κ2) is 5.43. The molecule has 0 spiro atoms. The number of carbonyl (C=O) groups is 1. The fourth-order valence-electron chi connectivity index (χ4n) is 3.89. The number of piperazine rings is 1. The van der Waals surface area contributed by atoms with Crippen LogP contribution in [0.15, 0.2) is 24.3 Å². The molecule has 0 saturated carbocycles. The third-order valence-electron chi connectivity index (χ3n) is 5.11. The summed E-state index contributed by atoms with van der Waals surface area (Å²) in [4.78, 5) is 14.1. The van der Waals surface area contributed by atoms with Crippen molar-refractivity contribution >= 4 is 5.91 Å². The summed E-state index contributed by atoms with van der Waals surface area (Å²) >= 11 is 0. The summed E-state index contributed by atoms with van der Waals surface area (Å²) in [6, 6.07) is 8.80. The first kappa shape index (κ1) is 14.5. The highest BCUT2D eigenvalue weighted by atomic mass is 16.1. The molecule has 2 unspecified atom stereocenters. The molecule has 1 aromatic rings.